The highest BCUT2D eigenvalue weighted by Gasteiger charge is 2.18. The Bertz CT molecular complexity index is 695. The van der Waals surface area contributed by atoms with Gasteiger partial charge in [-0.2, -0.15) is 0 Å². The van der Waals surface area contributed by atoms with Crippen molar-refractivity contribution in [2.75, 3.05) is 6.54 Å². The summed E-state index contributed by atoms with van der Waals surface area (Å²) in [6.07, 6.45) is 0. The van der Waals surface area contributed by atoms with Gasteiger partial charge in [-0.25, -0.2) is 0 Å². The maximum absolute atomic E-state index is 3.65. The highest BCUT2D eigenvalue weighted by Crippen LogP contribution is 2.36. The molecule has 0 saturated heterocycles. The number of nitrogens with one attached hydrogen (secondary N) is 1. The van der Waals surface area contributed by atoms with E-state index in [-0.39, 0.29) is 0 Å². The Hall–Kier alpha value is -1.16. The zero-order chi connectivity index (χ0) is 14.1. The van der Waals surface area contributed by atoms with E-state index in [2.05, 4.69) is 61.8 Å². The molecule has 0 aliphatic rings. The summed E-state index contributed by atoms with van der Waals surface area (Å²) in [7, 11) is 0. The Morgan fingerprint density at radius 3 is 2.75 bits per heavy atom. The first kappa shape index (κ1) is 13.8. The third-order valence-corrected chi connectivity index (χ3v) is 5.97. The van der Waals surface area contributed by atoms with Gasteiger partial charge in [-0.05, 0) is 54.6 Å². The van der Waals surface area contributed by atoms with Crippen LogP contribution in [-0.4, -0.2) is 6.54 Å². The molecule has 20 heavy (non-hydrogen) atoms. The lowest BCUT2D eigenvalue weighted by Crippen LogP contribution is -2.22. The van der Waals surface area contributed by atoms with E-state index in [0.29, 0.717) is 6.04 Å². The van der Waals surface area contributed by atoms with Crippen molar-refractivity contribution < 1.29 is 0 Å². The lowest BCUT2D eigenvalue weighted by Gasteiger charge is -2.20. The van der Waals surface area contributed by atoms with Crippen molar-refractivity contribution in [1.29, 1.82) is 0 Å². The van der Waals surface area contributed by atoms with E-state index in [0.717, 1.165) is 6.54 Å². The van der Waals surface area contributed by atoms with Crippen molar-refractivity contribution in [3.05, 3.63) is 57.3 Å². The van der Waals surface area contributed by atoms with Crippen LogP contribution in [0.3, 0.4) is 0 Å². The zero-order valence-corrected chi connectivity index (χ0v) is 13.7. The third-order valence-electron chi connectivity index (χ3n) is 3.81. The second kappa shape index (κ2) is 5.68. The molecule has 0 fully saturated rings. The van der Waals surface area contributed by atoms with Gasteiger partial charge in [0.1, 0.15) is 0 Å². The molecule has 104 valence electrons. The Morgan fingerprint density at radius 1 is 1.15 bits per heavy atom. The lowest BCUT2D eigenvalue weighted by molar-refractivity contribution is 0.636. The zero-order valence-electron chi connectivity index (χ0n) is 12.1. The first-order valence-corrected chi connectivity index (χ1v) is 8.66. The topological polar surface area (TPSA) is 12.0 Å². The van der Waals surface area contributed by atoms with Gasteiger partial charge >= 0.3 is 0 Å². The highest BCUT2D eigenvalue weighted by molar-refractivity contribution is 7.27. The van der Waals surface area contributed by atoms with Gasteiger partial charge in [0.15, 0.2) is 0 Å². The molecule has 3 aromatic rings. The molecule has 2 aromatic heterocycles. The monoisotopic (exact) mass is 301 g/mol. The number of thiophene rings is 2. The van der Waals surface area contributed by atoms with Crippen LogP contribution in [0.5, 0.6) is 0 Å². The van der Waals surface area contributed by atoms with Gasteiger partial charge in [0, 0.05) is 14.3 Å². The van der Waals surface area contributed by atoms with Gasteiger partial charge in [0.25, 0.3) is 0 Å². The maximum atomic E-state index is 3.65. The molecule has 2 heterocycles. The van der Waals surface area contributed by atoms with Gasteiger partial charge in [-0.1, -0.05) is 25.1 Å². The molecular weight excluding hydrogens is 282 g/mol. The van der Waals surface area contributed by atoms with Gasteiger partial charge in [-0.3, -0.25) is 0 Å². The predicted molar refractivity (Wildman–Crippen MR) is 91.1 cm³/mol. The van der Waals surface area contributed by atoms with Crippen LogP contribution in [-0.2, 0) is 0 Å². The second-order valence-corrected chi connectivity index (χ2v) is 7.14. The van der Waals surface area contributed by atoms with Crippen LogP contribution in [0.15, 0.2) is 35.7 Å². The summed E-state index contributed by atoms with van der Waals surface area (Å²) in [4.78, 5) is 1.42. The van der Waals surface area contributed by atoms with Crippen LogP contribution in [0.2, 0.25) is 0 Å². The normalized spacial score (nSPS) is 12.9. The summed E-state index contributed by atoms with van der Waals surface area (Å²) in [6.45, 7) is 7.57. The smallest absolute Gasteiger partial charge is 0.0674 e. The summed E-state index contributed by atoms with van der Waals surface area (Å²) in [5.41, 5.74) is 4.17. The molecule has 0 amide bonds. The molecule has 0 spiro atoms. The van der Waals surface area contributed by atoms with E-state index in [9.17, 15) is 0 Å². The Kier molecular flexibility index (Phi) is 3.92. The van der Waals surface area contributed by atoms with E-state index in [1.165, 1.54) is 31.0 Å². The van der Waals surface area contributed by atoms with Gasteiger partial charge < -0.3 is 5.32 Å². The largest absolute Gasteiger partial charge is 0.306 e. The van der Waals surface area contributed by atoms with Gasteiger partial charge in [0.05, 0.1) is 6.04 Å². The molecule has 0 radical (unpaired) electrons. The number of aryl methyl sites for hydroxylation is 1. The van der Waals surface area contributed by atoms with Crippen LogP contribution in [0.4, 0.5) is 0 Å². The van der Waals surface area contributed by atoms with E-state index < -0.39 is 0 Å². The SMILES string of the molecule is CCNC(c1cc2sccc2s1)c1cccc(C)c1C. The molecule has 1 atom stereocenters. The molecule has 0 bridgehead atoms. The Balaban J connectivity index is 2.08. The summed E-state index contributed by atoms with van der Waals surface area (Å²) in [5.74, 6) is 0. The molecule has 3 rings (SSSR count). The number of fused-ring (bicyclic) bond motifs is 1. The van der Waals surface area contributed by atoms with Crippen LogP contribution in [0.25, 0.3) is 9.40 Å². The number of rotatable bonds is 4. The van der Waals surface area contributed by atoms with Crippen molar-refractivity contribution in [1.82, 2.24) is 5.32 Å². The molecule has 0 aliphatic carbocycles. The fraction of sp³-hybridized carbons (Fsp3) is 0.294. The predicted octanol–water partition coefficient (Wildman–Crippen LogP) is 5.28. The first-order chi connectivity index (χ1) is 9.70. The van der Waals surface area contributed by atoms with Crippen molar-refractivity contribution in [2.24, 2.45) is 0 Å². The average molecular weight is 301 g/mol. The first-order valence-electron chi connectivity index (χ1n) is 6.97. The number of hydrogen-bond acceptors (Lipinski definition) is 3. The summed E-state index contributed by atoms with van der Waals surface area (Å²) in [6, 6.07) is 11.5. The van der Waals surface area contributed by atoms with Crippen LogP contribution in [0.1, 0.15) is 34.5 Å². The van der Waals surface area contributed by atoms with Crippen molar-refractivity contribution in [3.63, 3.8) is 0 Å². The fourth-order valence-corrected chi connectivity index (χ4v) is 4.80. The van der Waals surface area contributed by atoms with Crippen molar-refractivity contribution in [3.8, 4) is 0 Å². The fourth-order valence-electron chi connectivity index (χ4n) is 2.58. The molecule has 1 aromatic carbocycles. The minimum absolute atomic E-state index is 0.310. The van der Waals surface area contributed by atoms with Crippen molar-refractivity contribution in [2.45, 2.75) is 26.8 Å². The minimum atomic E-state index is 0.310. The minimum Gasteiger partial charge on any atom is -0.306 e. The highest BCUT2D eigenvalue weighted by atomic mass is 32.1. The molecule has 0 aliphatic heterocycles. The Morgan fingerprint density at radius 2 is 2.00 bits per heavy atom. The van der Waals surface area contributed by atoms with Gasteiger partial charge in [0.2, 0.25) is 0 Å². The standard InChI is InChI=1S/C17H19NS2/c1-4-18-17(13-7-5-6-11(2)12(13)3)16-10-15-14(20-16)8-9-19-15/h5-10,17-18H,4H2,1-3H3. The number of hydrogen-bond donors (Lipinski definition) is 1. The van der Waals surface area contributed by atoms with E-state index in [4.69, 9.17) is 0 Å². The molecule has 1 unspecified atom stereocenters. The van der Waals surface area contributed by atoms with E-state index >= 15 is 0 Å². The van der Waals surface area contributed by atoms with E-state index in [1.54, 1.807) is 0 Å². The molecular formula is C17H19NS2. The van der Waals surface area contributed by atoms with Gasteiger partial charge in [-0.15, -0.1) is 22.7 Å². The van der Waals surface area contributed by atoms with Crippen molar-refractivity contribution >= 4 is 32.1 Å². The van der Waals surface area contributed by atoms with E-state index in [1.807, 2.05) is 22.7 Å². The third kappa shape index (κ3) is 2.41. The second-order valence-electron chi connectivity index (χ2n) is 5.08. The molecule has 0 saturated carbocycles. The lowest BCUT2D eigenvalue weighted by atomic mass is 9.96. The summed E-state index contributed by atoms with van der Waals surface area (Å²) < 4.78 is 2.80. The van der Waals surface area contributed by atoms with Crippen LogP contribution < -0.4 is 5.32 Å². The molecule has 3 heteroatoms. The average Bonchev–Trinajstić information content (AvgIpc) is 3.00. The molecule has 1 nitrogen and oxygen atoms in total. The molecule has 1 N–H and O–H groups in total. The summed E-state index contributed by atoms with van der Waals surface area (Å²) in [5, 5.41) is 5.82. The number of benzene rings is 1. The maximum Gasteiger partial charge on any atom is 0.0674 e. The van der Waals surface area contributed by atoms with Crippen LogP contribution in [0, 0.1) is 13.8 Å². The quantitative estimate of drug-likeness (QED) is 0.691. The van der Waals surface area contributed by atoms with Crippen LogP contribution >= 0.6 is 22.7 Å². The summed E-state index contributed by atoms with van der Waals surface area (Å²) >= 11 is 3.74. The Labute approximate surface area is 128 Å².